The van der Waals surface area contributed by atoms with Crippen molar-refractivity contribution in [2.45, 2.75) is 50.7 Å². The van der Waals surface area contributed by atoms with E-state index < -0.39 is 11.6 Å². The molecule has 3 heterocycles. The lowest BCUT2D eigenvalue weighted by Crippen LogP contribution is -2.52. The van der Waals surface area contributed by atoms with Gasteiger partial charge >= 0.3 is 0 Å². The van der Waals surface area contributed by atoms with Crippen LogP contribution in [0.5, 0.6) is 0 Å². The molecule has 2 N–H and O–H groups in total. The number of halogens is 2. The fourth-order valence-corrected chi connectivity index (χ4v) is 4.22. The lowest BCUT2D eigenvalue weighted by atomic mass is 9.86. The number of hydrogen-bond donors (Lipinski definition) is 2. The Bertz CT molecular complexity index is 766. The van der Waals surface area contributed by atoms with Crippen molar-refractivity contribution < 1.29 is 13.3 Å². The number of hydrogen-bond acceptors (Lipinski definition) is 5. The highest BCUT2D eigenvalue weighted by molar-refractivity contribution is 5.20. The molecule has 26 heavy (non-hydrogen) atoms. The third kappa shape index (κ3) is 3.39. The van der Waals surface area contributed by atoms with Crippen LogP contribution >= 0.6 is 0 Å². The van der Waals surface area contributed by atoms with Gasteiger partial charge in [0.05, 0.1) is 11.6 Å². The molecule has 0 saturated carbocycles. The van der Waals surface area contributed by atoms with Crippen LogP contribution in [0.2, 0.25) is 0 Å². The summed E-state index contributed by atoms with van der Waals surface area (Å²) >= 11 is 0. The van der Waals surface area contributed by atoms with Crippen molar-refractivity contribution in [2.75, 3.05) is 13.1 Å². The van der Waals surface area contributed by atoms with E-state index in [0.717, 1.165) is 49.9 Å². The van der Waals surface area contributed by atoms with Crippen LogP contribution in [0.4, 0.5) is 8.78 Å². The van der Waals surface area contributed by atoms with E-state index in [2.05, 4.69) is 20.9 Å². The monoisotopic (exact) mass is 362 g/mol. The molecule has 0 radical (unpaired) electrons. The predicted molar refractivity (Wildman–Crippen MR) is 93.3 cm³/mol. The molecule has 0 bridgehead atoms. The second-order valence-electron chi connectivity index (χ2n) is 7.27. The first kappa shape index (κ1) is 17.6. The third-order valence-electron chi connectivity index (χ3n) is 5.52. The van der Waals surface area contributed by atoms with Gasteiger partial charge in [0.15, 0.2) is 11.6 Å². The first-order valence-electron chi connectivity index (χ1n) is 9.22. The van der Waals surface area contributed by atoms with Gasteiger partial charge in [0.1, 0.15) is 5.76 Å². The molecule has 1 aromatic carbocycles. The maximum absolute atomic E-state index is 14.2. The van der Waals surface area contributed by atoms with E-state index >= 15 is 0 Å². The standard InChI is InChI=1S/C19H24F2N4O/c1-12-9-17(26-24-12)14-10-22-23-19(14)16-7-2-3-8-25(16)11-13-5-4-6-15(20)18(13)21/h4-6,9,14,16,19,22-23H,2-3,7-8,10-11H2,1H3. The summed E-state index contributed by atoms with van der Waals surface area (Å²) in [6.07, 6.45) is 3.21. The van der Waals surface area contributed by atoms with Crippen molar-refractivity contribution in [3.05, 3.63) is 52.9 Å². The minimum absolute atomic E-state index is 0.138. The molecule has 7 heteroatoms. The number of likely N-dealkylation sites (tertiary alicyclic amines) is 1. The highest BCUT2D eigenvalue weighted by Crippen LogP contribution is 2.32. The Kier molecular flexibility index (Phi) is 5.02. The zero-order chi connectivity index (χ0) is 18.1. The molecule has 2 aliphatic rings. The van der Waals surface area contributed by atoms with Crippen molar-refractivity contribution >= 4 is 0 Å². The summed E-state index contributed by atoms with van der Waals surface area (Å²) in [5, 5.41) is 4.01. The van der Waals surface area contributed by atoms with Crippen LogP contribution in [0.1, 0.15) is 42.2 Å². The van der Waals surface area contributed by atoms with Crippen molar-refractivity contribution in [3.8, 4) is 0 Å². The molecule has 2 fully saturated rings. The maximum atomic E-state index is 14.2. The molecule has 2 aliphatic heterocycles. The summed E-state index contributed by atoms with van der Waals surface area (Å²) < 4.78 is 33.2. The van der Waals surface area contributed by atoms with Crippen LogP contribution in [0.3, 0.4) is 0 Å². The molecule has 0 amide bonds. The number of nitrogens with zero attached hydrogens (tertiary/aromatic N) is 2. The zero-order valence-electron chi connectivity index (χ0n) is 14.8. The first-order valence-corrected chi connectivity index (χ1v) is 9.22. The Morgan fingerprint density at radius 3 is 3.00 bits per heavy atom. The molecule has 0 spiro atoms. The normalized spacial score (nSPS) is 27.1. The molecule has 2 saturated heterocycles. The van der Waals surface area contributed by atoms with Gasteiger partial charge in [-0.05, 0) is 32.4 Å². The fraction of sp³-hybridized carbons (Fsp3) is 0.526. The Balaban J connectivity index is 1.56. The van der Waals surface area contributed by atoms with E-state index in [0.29, 0.717) is 12.1 Å². The smallest absolute Gasteiger partial charge is 0.163 e. The Labute approximate surface area is 151 Å². The highest BCUT2D eigenvalue weighted by atomic mass is 19.2. The summed E-state index contributed by atoms with van der Waals surface area (Å²) in [4.78, 5) is 2.27. The van der Waals surface area contributed by atoms with Gasteiger partial charge in [-0.1, -0.05) is 23.7 Å². The highest BCUT2D eigenvalue weighted by Gasteiger charge is 2.40. The van der Waals surface area contributed by atoms with Gasteiger partial charge in [-0.15, -0.1) is 0 Å². The summed E-state index contributed by atoms with van der Waals surface area (Å²) in [6, 6.07) is 6.74. The van der Waals surface area contributed by atoms with Crippen molar-refractivity contribution in [3.63, 3.8) is 0 Å². The summed E-state index contributed by atoms with van der Waals surface area (Å²) in [6.45, 7) is 3.96. The molecular formula is C19H24F2N4O. The van der Waals surface area contributed by atoms with E-state index in [4.69, 9.17) is 4.52 Å². The number of benzene rings is 1. The summed E-state index contributed by atoms with van der Waals surface area (Å²) in [5.41, 5.74) is 7.89. The van der Waals surface area contributed by atoms with Gasteiger partial charge in [0.2, 0.25) is 0 Å². The Morgan fingerprint density at radius 1 is 1.31 bits per heavy atom. The molecule has 0 aliphatic carbocycles. The van der Waals surface area contributed by atoms with Gasteiger partial charge in [0, 0.05) is 36.8 Å². The van der Waals surface area contributed by atoms with Crippen LogP contribution in [0.15, 0.2) is 28.8 Å². The summed E-state index contributed by atoms with van der Waals surface area (Å²) in [5.74, 6) is -0.491. The average Bonchev–Trinajstić information content (AvgIpc) is 3.28. The molecule has 4 rings (SSSR count). The molecular weight excluding hydrogens is 338 g/mol. The largest absolute Gasteiger partial charge is 0.361 e. The van der Waals surface area contributed by atoms with Gasteiger partial charge in [-0.3, -0.25) is 15.8 Å². The van der Waals surface area contributed by atoms with E-state index in [1.165, 1.54) is 0 Å². The van der Waals surface area contributed by atoms with Crippen LogP contribution in [-0.2, 0) is 6.54 Å². The molecule has 140 valence electrons. The van der Waals surface area contributed by atoms with E-state index in [-0.39, 0.29) is 18.0 Å². The van der Waals surface area contributed by atoms with E-state index in [1.54, 1.807) is 12.1 Å². The number of hydrazine groups is 1. The SMILES string of the molecule is Cc1cc(C2CNNC2C2CCCCN2Cc2cccc(F)c2F)on1. The number of piperidine rings is 1. The number of rotatable bonds is 4. The molecule has 1 aromatic heterocycles. The molecule has 2 aromatic rings. The minimum atomic E-state index is -0.785. The second kappa shape index (κ2) is 7.42. The number of aromatic nitrogens is 1. The van der Waals surface area contributed by atoms with Crippen molar-refractivity contribution in [1.29, 1.82) is 0 Å². The third-order valence-corrected chi connectivity index (χ3v) is 5.52. The van der Waals surface area contributed by atoms with Crippen LogP contribution in [-0.4, -0.2) is 35.2 Å². The van der Waals surface area contributed by atoms with Crippen molar-refractivity contribution in [2.24, 2.45) is 0 Å². The van der Waals surface area contributed by atoms with E-state index in [1.807, 2.05) is 13.0 Å². The second-order valence-corrected chi connectivity index (χ2v) is 7.27. The quantitative estimate of drug-likeness (QED) is 0.876. The number of nitrogens with one attached hydrogen (secondary N) is 2. The van der Waals surface area contributed by atoms with E-state index in [9.17, 15) is 8.78 Å². The first-order chi connectivity index (χ1) is 12.6. The molecule has 3 unspecified atom stereocenters. The Morgan fingerprint density at radius 2 is 2.19 bits per heavy atom. The maximum Gasteiger partial charge on any atom is 0.163 e. The molecule has 5 nitrogen and oxygen atoms in total. The predicted octanol–water partition coefficient (Wildman–Crippen LogP) is 2.88. The summed E-state index contributed by atoms with van der Waals surface area (Å²) in [7, 11) is 0. The van der Waals surface area contributed by atoms with Gasteiger partial charge in [-0.2, -0.15) is 0 Å². The fourth-order valence-electron chi connectivity index (χ4n) is 4.22. The topological polar surface area (TPSA) is 53.3 Å². The van der Waals surface area contributed by atoms with Crippen molar-refractivity contribution in [1.82, 2.24) is 20.9 Å². The van der Waals surface area contributed by atoms with Crippen LogP contribution in [0, 0.1) is 18.6 Å². The lowest BCUT2D eigenvalue weighted by Gasteiger charge is -2.40. The van der Waals surface area contributed by atoms with Gasteiger partial charge in [0.25, 0.3) is 0 Å². The van der Waals surface area contributed by atoms with Crippen LogP contribution < -0.4 is 10.9 Å². The average molecular weight is 362 g/mol. The zero-order valence-corrected chi connectivity index (χ0v) is 14.8. The molecule has 3 atom stereocenters. The van der Waals surface area contributed by atoms with Gasteiger partial charge in [-0.25, -0.2) is 8.78 Å². The van der Waals surface area contributed by atoms with Gasteiger partial charge < -0.3 is 4.52 Å². The Hall–Kier alpha value is -1.83. The lowest BCUT2D eigenvalue weighted by molar-refractivity contribution is 0.101. The van der Waals surface area contributed by atoms with Crippen LogP contribution in [0.25, 0.3) is 0 Å². The number of aryl methyl sites for hydroxylation is 1. The minimum Gasteiger partial charge on any atom is -0.361 e.